The molecule has 10 heavy (non-hydrogen) atoms. The highest BCUT2D eigenvalue weighted by atomic mass is 16.3. The van der Waals surface area contributed by atoms with Gasteiger partial charge in [-0.25, -0.2) is 0 Å². The summed E-state index contributed by atoms with van der Waals surface area (Å²) in [4.78, 5) is 0. The largest absolute Gasteiger partial charge is 0.508 e. The first-order chi connectivity index (χ1) is 4.86. The molecule has 1 heteroatoms. The Hall–Kier alpha value is -0.980. The lowest BCUT2D eigenvalue weighted by Crippen LogP contribution is -1.78. The summed E-state index contributed by atoms with van der Waals surface area (Å²) in [6.07, 6.45) is 4.41. The number of fused-ring (bicyclic) bond motifs is 1. The van der Waals surface area contributed by atoms with Crippen LogP contribution in [-0.4, -0.2) is 5.11 Å². The smallest absolute Gasteiger partial charge is 0.115 e. The molecule has 0 unspecified atom stereocenters. The summed E-state index contributed by atoms with van der Waals surface area (Å²) >= 11 is 0. The van der Waals surface area contributed by atoms with Gasteiger partial charge in [0.1, 0.15) is 5.75 Å². The van der Waals surface area contributed by atoms with Crippen LogP contribution >= 0.6 is 0 Å². The van der Waals surface area contributed by atoms with E-state index < -0.39 is 0 Å². The molecule has 1 radical (unpaired) electrons. The fourth-order valence-corrected chi connectivity index (χ4v) is 1.39. The number of rotatable bonds is 0. The molecule has 0 heterocycles. The molecule has 0 bridgehead atoms. The Bertz CT molecular complexity index is 253. The number of phenolic OH excluding ortho intramolecular Hbond substituents is 1. The average Bonchev–Trinajstić information content (AvgIpc) is 2.33. The van der Waals surface area contributed by atoms with Crippen LogP contribution in [-0.2, 0) is 6.42 Å². The van der Waals surface area contributed by atoms with E-state index >= 15 is 0 Å². The van der Waals surface area contributed by atoms with Crippen LogP contribution in [0.3, 0.4) is 0 Å². The third-order valence-corrected chi connectivity index (χ3v) is 1.90. The maximum Gasteiger partial charge on any atom is 0.115 e. The van der Waals surface area contributed by atoms with Crippen molar-refractivity contribution in [2.24, 2.45) is 0 Å². The molecule has 0 amide bonds. The topological polar surface area (TPSA) is 20.2 Å². The van der Waals surface area contributed by atoms with Crippen LogP contribution in [0.4, 0.5) is 0 Å². The average molecular weight is 133 g/mol. The first kappa shape index (κ1) is 5.78. The molecule has 1 aromatic carbocycles. The molecule has 0 spiro atoms. The van der Waals surface area contributed by atoms with E-state index in [0.29, 0.717) is 5.75 Å². The van der Waals surface area contributed by atoms with Crippen molar-refractivity contribution in [1.29, 1.82) is 0 Å². The monoisotopic (exact) mass is 133 g/mol. The van der Waals surface area contributed by atoms with E-state index in [1.54, 1.807) is 6.07 Å². The van der Waals surface area contributed by atoms with Gasteiger partial charge in [0, 0.05) is 0 Å². The van der Waals surface area contributed by atoms with Gasteiger partial charge >= 0.3 is 0 Å². The molecule has 1 aliphatic rings. The summed E-state index contributed by atoms with van der Waals surface area (Å²) in [5.74, 6) is 0.383. The molecule has 0 saturated carbocycles. The van der Waals surface area contributed by atoms with Gasteiger partial charge in [0.05, 0.1) is 0 Å². The molecular weight excluding hydrogens is 124 g/mol. The number of aryl methyl sites for hydroxylation is 1. The SMILES string of the molecule is Oc1ccc2c(c1)CC[CH]2. The second kappa shape index (κ2) is 2.01. The van der Waals surface area contributed by atoms with Gasteiger partial charge in [0.25, 0.3) is 0 Å². The summed E-state index contributed by atoms with van der Waals surface area (Å²) in [6, 6.07) is 5.55. The van der Waals surface area contributed by atoms with Crippen LogP contribution in [0.1, 0.15) is 17.5 Å². The van der Waals surface area contributed by atoms with Crippen molar-refractivity contribution in [1.82, 2.24) is 0 Å². The lowest BCUT2D eigenvalue weighted by Gasteiger charge is -1.97. The number of aromatic hydroxyl groups is 1. The fourth-order valence-electron chi connectivity index (χ4n) is 1.39. The molecular formula is C9H9O. The normalized spacial score (nSPS) is 15.2. The second-order valence-electron chi connectivity index (χ2n) is 2.63. The van der Waals surface area contributed by atoms with Crippen molar-refractivity contribution in [3.63, 3.8) is 0 Å². The predicted molar refractivity (Wildman–Crippen MR) is 39.8 cm³/mol. The van der Waals surface area contributed by atoms with Gasteiger partial charge in [-0.2, -0.15) is 0 Å². The zero-order valence-corrected chi connectivity index (χ0v) is 5.67. The highest BCUT2D eigenvalue weighted by molar-refractivity contribution is 5.42. The summed E-state index contributed by atoms with van der Waals surface area (Å²) in [6.45, 7) is 0. The molecule has 0 aliphatic heterocycles. The van der Waals surface area contributed by atoms with E-state index in [2.05, 4.69) is 6.42 Å². The molecule has 0 aromatic heterocycles. The van der Waals surface area contributed by atoms with Gasteiger partial charge in [-0.05, 0) is 42.5 Å². The number of benzene rings is 1. The molecule has 1 N–H and O–H groups in total. The lowest BCUT2D eigenvalue weighted by atomic mass is 10.1. The van der Waals surface area contributed by atoms with E-state index in [1.165, 1.54) is 11.1 Å². The maximum absolute atomic E-state index is 9.08. The van der Waals surface area contributed by atoms with E-state index in [-0.39, 0.29) is 0 Å². The van der Waals surface area contributed by atoms with E-state index in [4.69, 9.17) is 5.11 Å². The summed E-state index contributed by atoms with van der Waals surface area (Å²) in [5, 5.41) is 9.08. The lowest BCUT2D eigenvalue weighted by molar-refractivity contribution is 0.474. The predicted octanol–water partition coefficient (Wildman–Crippen LogP) is 1.89. The van der Waals surface area contributed by atoms with Gasteiger partial charge in [-0.15, -0.1) is 0 Å². The minimum atomic E-state index is 0.383. The number of hydrogen-bond donors (Lipinski definition) is 1. The van der Waals surface area contributed by atoms with Crippen LogP contribution in [0.15, 0.2) is 18.2 Å². The van der Waals surface area contributed by atoms with E-state index in [1.807, 2.05) is 12.1 Å². The zero-order valence-electron chi connectivity index (χ0n) is 5.67. The van der Waals surface area contributed by atoms with Crippen LogP contribution in [0.2, 0.25) is 0 Å². The number of hydrogen-bond acceptors (Lipinski definition) is 1. The zero-order chi connectivity index (χ0) is 6.97. The highest BCUT2D eigenvalue weighted by Crippen LogP contribution is 2.26. The fraction of sp³-hybridized carbons (Fsp3) is 0.222. The van der Waals surface area contributed by atoms with Crippen LogP contribution in [0.25, 0.3) is 0 Å². The van der Waals surface area contributed by atoms with Crippen molar-refractivity contribution < 1.29 is 5.11 Å². The second-order valence-corrected chi connectivity index (χ2v) is 2.63. The summed E-state index contributed by atoms with van der Waals surface area (Å²) in [7, 11) is 0. The molecule has 0 saturated heterocycles. The Kier molecular flexibility index (Phi) is 1.16. The minimum absolute atomic E-state index is 0.383. The maximum atomic E-state index is 9.08. The Morgan fingerprint density at radius 1 is 1.30 bits per heavy atom. The molecule has 1 aliphatic carbocycles. The first-order valence-electron chi connectivity index (χ1n) is 3.51. The number of phenols is 1. The van der Waals surface area contributed by atoms with Crippen molar-refractivity contribution in [3.8, 4) is 5.75 Å². The highest BCUT2D eigenvalue weighted by Gasteiger charge is 2.09. The molecule has 2 rings (SSSR count). The van der Waals surface area contributed by atoms with Crippen molar-refractivity contribution in [2.45, 2.75) is 12.8 Å². The van der Waals surface area contributed by atoms with Gasteiger partial charge in [0.2, 0.25) is 0 Å². The first-order valence-corrected chi connectivity index (χ1v) is 3.51. The Morgan fingerprint density at radius 2 is 2.20 bits per heavy atom. The van der Waals surface area contributed by atoms with Crippen molar-refractivity contribution in [2.75, 3.05) is 0 Å². The standard InChI is InChI=1S/C9H9O/c10-9-5-4-7-2-1-3-8(7)6-9/h2,4-6,10H,1,3H2. The molecule has 0 atom stereocenters. The van der Waals surface area contributed by atoms with Crippen LogP contribution < -0.4 is 0 Å². The molecule has 0 fully saturated rings. The van der Waals surface area contributed by atoms with E-state index in [9.17, 15) is 0 Å². The van der Waals surface area contributed by atoms with Crippen LogP contribution in [0, 0.1) is 6.42 Å². The van der Waals surface area contributed by atoms with Gasteiger partial charge in [-0.3, -0.25) is 0 Å². The third-order valence-electron chi connectivity index (χ3n) is 1.90. The Morgan fingerprint density at radius 3 is 3.10 bits per heavy atom. The molecule has 51 valence electrons. The van der Waals surface area contributed by atoms with E-state index in [0.717, 1.165) is 12.8 Å². The van der Waals surface area contributed by atoms with Gasteiger partial charge < -0.3 is 5.11 Å². The van der Waals surface area contributed by atoms with Crippen molar-refractivity contribution in [3.05, 3.63) is 35.7 Å². The van der Waals surface area contributed by atoms with Gasteiger partial charge in [0.15, 0.2) is 0 Å². The summed E-state index contributed by atoms with van der Waals surface area (Å²) < 4.78 is 0. The summed E-state index contributed by atoms with van der Waals surface area (Å²) in [5.41, 5.74) is 2.57. The van der Waals surface area contributed by atoms with Crippen molar-refractivity contribution >= 4 is 0 Å². The quantitative estimate of drug-likeness (QED) is 0.573. The minimum Gasteiger partial charge on any atom is -0.508 e. The van der Waals surface area contributed by atoms with Gasteiger partial charge in [-0.1, -0.05) is 6.07 Å². The Labute approximate surface area is 60.3 Å². The van der Waals surface area contributed by atoms with Crippen LogP contribution in [0.5, 0.6) is 5.75 Å². The third kappa shape index (κ3) is 0.783. The molecule has 1 nitrogen and oxygen atoms in total. The Balaban J connectivity index is 2.52. The molecule has 1 aromatic rings.